The summed E-state index contributed by atoms with van der Waals surface area (Å²) < 4.78 is 0. The van der Waals surface area contributed by atoms with Crippen molar-refractivity contribution < 1.29 is 0 Å². The molecule has 21 heavy (non-hydrogen) atoms. The molecule has 120 valence electrons. The van der Waals surface area contributed by atoms with Crippen molar-refractivity contribution in [3.8, 4) is 0 Å². The van der Waals surface area contributed by atoms with Crippen LogP contribution in [0, 0.1) is 6.92 Å². The number of hydrogen-bond acceptors (Lipinski definition) is 3. The average Bonchev–Trinajstić information content (AvgIpc) is 3.02. The van der Waals surface area contributed by atoms with Gasteiger partial charge in [-0.3, -0.25) is 0 Å². The van der Waals surface area contributed by atoms with Crippen molar-refractivity contribution in [3.05, 3.63) is 21.9 Å². The van der Waals surface area contributed by atoms with Gasteiger partial charge in [0.15, 0.2) is 5.96 Å². The molecule has 0 radical (unpaired) electrons. The zero-order valence-corrected chi connectivity index (χ0v) is 16.3. The molecule has 1 fully saturated rings. The molecule has 2 heterocycles. The quantitative estimate of drug-likeness (QED) is 0.436. The fraction of sp³-hybridized carbons (Fsp3) is 0.667. The van der Waals surface area contributed by atoms with Gasteiger partial charge in [0, 0.05) is 28.9 Å². The highest BCUT2D eigenvalue weighted by atomic mass is 127. The van der Waals surface area contributed by atoms with Gasteiger partial charge in [-0.05, 0) is 52.4 Å². The number of nitrogens with one attached hydrogen (secondary N) is 2. The van der Waals surface area contributed by atoms with Gasteiger partial charge < -0.3 is 15.5 Å². The molecule has 1 atom stereocenters. The molecule has 1 saturated heterocycles. The van der Waals surface area contributed by atoms with E-state index in [2.05, 4.69) is 53.6 Å². The number of nitrogens with zero attached hydrogens (tertiary/aromatic N) is 2. The third-order valence-corrected chi connectivity index (χ3v) is 4.70. The fourth-order valence-corrected chi connectivity index (χ4v) is 3.34. The summed E-state index contributed by atoms with van der Waals surface area (Å²) in [6, 6.07) is 4.96. The van der Waals surface area contributed by atoms with Gasteiger partial charge in [-0.25, -0.2) is 4.99 Å². The molecule has 0 amide bonds. The summed E-state index contributed by atoms with van der Waals surface area (Å²) >= 11 is 1.82. The Kier molecular flexibility index (Phi) is 8.58. The highest BCUT2D eigenvalue weighted by Crippen LogP contribution is 2.16. The van der Waals surface area contributed by atoms with Crippen LogP contribution in [0.3, 0.4) is 0 Å². The van der Waals surface area contributed by atoms with E-state index >= 15 is 0 Å². The van der Waals surface area contributed by atoms with Crippen molar-refractivity contribution in [2.24, 2.45) is 4.99 Å². The van der Waals surface area contributed by atoms with Gasteiger partial charge in [0.05, 0.1) is 6.54 Å². The molecule has 1 aliphatic rings. The minimum absolute atomic E-state index is 0. The van der Waals surface area contributed by atoms with Crippen LogP contribution in [-0.4, -0.2) is 43.6 Å². The van der Waals surface area contributed by atoms with Crippen LogP contribution in [0.25, 0.3) is 0 Å². The molecule has 1 aromatic heterocycles. The van der Waals surface area contributed by atoms with Crippen LogP contribution in [0.15, 0.2) is 17.1 Å². The van der Waals surface area contributed by atoms with Crippen molar-refractivity contribution in [2.45, 2.75) is 39.3 Å². The van der Waals surface area contributed by atoms with E-state index < -0.39 is 0 Å². The molecule has 1 aliphatic heterocycles. The predicted molar refractivity (Wildman–Crippen MR) is 103 cm³/mol. The van der Waals surface area contributed by atoms with Gasteiger partial charge in [-0.1, -0.05) is 0 Å². The zero-order valence-electron chi connectivity index (χ0n) is 13.2. The Morgan fingerprint density at radius 2 is 2.24 bits per heavy atom. The second kappa shape index (κ2) is 9.63. The van der Waals surface area contributed by atoms with Crippen LogP contribution in [0.1, 0.15) is 29.5 Å². The summed E-state index contributed by atoms with van der Waals surface area (Å²) in [7, 11) is 2.21. The van der Waals surface area contributed by atoms with Crippen molar-refractivity contribution >= 4 is 41.3 Å². The first kappa shape index (κ1) is 18.7. The maximum Gasteiger partial charge on any atom is 0.191 e. The summed E-state index contributed by atoms with van der Waals surface area (Å²) in [6.07, 6.45) is 2.60. The second-order valence-corrected chi connectivity index (χ2v) is 6.74. The first-order valence-electron chi connectivity index (χ1n) is 7.46. The SMILES string of the molecule is CCNC(=NCc1ccc(C)s1)NCC1CCCN1C.I. The predicted octanol–water partition coefficient (Wildman–Crippen LogP) is 2.82. The third kappa shape index (κ3) is 6.12. The number of aliphatic imine (C=N–C) groups is 1. The Bertz CT molecular complexity index is 447. The lowest BCUT2D eigenvalue weighted by atomic mass is 10.2. The maximum absolute atomic E-state index is 4.67. The van der Waals surface area contributed by atoms with Crippen LogP contribution in [0.2, 0.25) is 0 Å². The third-order valence-electron chi connectivity index (χ3n) is 3.71. The van der Waals surface area contributed by atoms with Crippen LogP contribution in [0.4, 0.5) is 0 Å². The van der Waals surface area contributed by atoms with Crippen LogP contribution >= 0.6 is 35.3 Å². The largest absolute Gasteiger partial charge is 0.357 e. The lowest BCUT2D eigenvalue weighted by Crippen LogP contribution is -2.43. The van der Waals surface area contributed by atoms with E-state index in [1.54, 1.807) is 0 Å². The first-order valence-corrected chi connectivity index (χ1v) is 8.28. The van der Waals surface area contributed by atoms with E-state index in [-0.39, 0.29) is 24.0 Å². The number of rotatable bonds is 5. The molecule has 1 aromatic rings. The van der Waals surface area contributed by atoms with Gasteiger partial charge in [0.1, 0.15) is 0 Å². The molecule has 0 spiro atoms. The molecule has 0 aliphatic carbocycles. The number of likely N-dealkylation sites (tertiary alicyclic amines) is 1. The average molecular weight is 422 g/mol. The highest BCUT2D eigenvalue weighted by Gasteiger charge is 2.20. The van der Waals surface area contributed by atoms with Crippen LogP contribution in [-0.2, 0) is 6.54 Å². The van der Waals surface area contributed by atoms with E-state index in [9.17, 15) is 0 Å². The first-order chi connectivity index (χ1) is 9.69. The molecule has 0 aromatic carbocycles. The Morgan fingerprint density at radius 1 is 1.43 bits per heavy atom. The second-order valence-electron chi connectivity index (χ2n) is 5.37. The van der Waals surface area contributed by atoms with E-state index in [4.69, 9.17) is 0 Å². The van der Waals surface area contributed by atoms with E-state index in [1.165, 1.54) is 29.1 Å². The standard InChI is InChI=1S/C15H26N4S.HI/c1-4-16-15(17-10-13-6-5-9-19(13)3)18-11-14-8-7-12(2)20-14;/h7-8,13H,4-6,9-11H2,1-3H3,(H2,16,17,18);1H. The molecular weight excluding hydrogens is 395 g/mol. The van der Waals surface area contributed by atoms with Gasteiger partial charge >= 0.3 is 0 Å². The molecule has 0 bridgehead atoms. The van der Waals surface area contributed by atoms with Crippen molar-refractivity contribution in [3.63, 3.8) is 0 Å². The maximum atomic E-state index is 4.67. The Hall–Kier alpha value is -0.340. The summed E-state index contributed by atoms with van der Waals surface area (Å²) in [5.41, 5.74) is 0. The summed E-state index contributed by atoms with van der Waals surface area (Å²) in [4.78, 5) is 9.76. The Balaban J connectivity index is 0.00000220. The molecule has 2 N–H and O–H groups in total. The molecule has 2 rings (SSSR count). The van der Waals surface area contributed by atoms with Gasteiger partial charge in [0.2, 0.25) is 0 Å². The number of likely N-dealkylation sites (N-methyl/N-ethyl adjacent to an activating group) is 1. The molecule has 0 saturated carbocycles. The summed E-state index contributed by atoms with van der Waals surface area (Å²) in [5, 5.41) is 6.80. The van der Waals surface area contributed by atoms with Gasteiger partial charge in [-0.15, -0.1) is 35.3 Å². The van der Waals surface area contributed by atoms with Crippen LogP contribution < -0.4 is 10.6 Å². The zero-order chi connectivity index (χ0) is 14.4. The molecule has 6 heteroatoms. The minimum Gasteiger partial charge on any atom is -0.357 e. The minimum atomic E-state index is 0. The van der Waals surface area contributed by atoms with E-state index in [1.807, 2.05) is 11.3 Å². The fourth-order valence-electron chi connectivity index (χ4n) is 2.52. The van der Waals surface area contributed by atoms with Gasteiger partial charge in [0.25, 0.3) is 0 Å². The number of hydrogen-bond donors (Lipinski definition) is 2. The lowest BCUT2D eigenvalue weighted by molar-refractivity contribution is 0.309. The van der Waals surface area contributed by atoms with Gasteiger partial charge in [-0.2, -0.15) is 0 Å². The number of halogens is 1. The summed E-state index contributed by atoms with van der Waals surface area (Å²) in [6.45, 7) is 8.09. The lowest BCUT2D eigenvalue weighted by Gasteiger charge is -2.21. The Morgan fingerprint density at radius 3 is 2.81 bits per heavy atom. The van der Waals surface area contributed by atoms with Crippen LogP contribution in [0.5, 0.6) is 0 Å². The molecule has 4 nitrogen and oxygen atoms in total. The topological polar surface area (TPSA) is 39.7 Å². The van der Waals surface area contributed by atoms with E-state index in [0.717, 1.165) is 25.6 Å². The number of thiophene rings is 1. The normalized spacial score (nSPS) is 19.4. The smallest absolute Gasteiger partial charge is 0.191 e. The monoisotopic (exact) mass is 422 g/mol. The molecular formula is C15H27IN4S. The van der Waals surface area contributed by atoms with Crippen molar-refractivity contribution in [2.75, 3.05) is 26.7 Å². The molecule has 1 unspecified atom stereocenters. The van der Waals surface area contributed by atoms with Crippen molar-refractivity contribution in [1.82, 2.24) is 15.5 Å². The number of aryl methyl sites for hydroxylation is 1. The number of guanidine groups is 1. The Labute approximate surface area is 149 Å². The van der Waals surface area contributed by atoms with E-state index in [0.29, 0.717) is 6.04 Å². The van der Waals surface area contributed by atoms with Crippen molar-refractivity contribution in [1.29, 1.82) is 0 Å². The summed E-state index contributed by atoms with van der Waals surface area (Å²) in [5.74, 6) is 0.929. The highest BCUT2D eigenvalue weighted by molar-refractivity contribution is 14.0.